The summed E-state index contributed by atoms with van der Waals surface area (Å²) in [5.41, 5.74) is 0.226. The molecule has 0 fully saturated rings. The Balaban J connectivity index is 3.37. The lowest BCUT2D eigenvalue weighted by atomic mass is 10.2. The molecule has 0 heterocycles. The van der Waals surface area contributed by atoms with Crippen LogP contribution in [-0.4, -0.2) is 39.8 Å². The van der Waals surface area contributed by atoms with E-state index in [-0.39, 0.29) is 11.7 Å². The van der Waals surface area contributed by atoms with Gasteiger partial charge < -0.3 is 10.1 Å². The van der Waals surface area contributed by atoms with Crippen LogP contribution < -0.4 is 14.4 Å². The lowest BCUT2D eigenvalue weighted by Crippen LogP contribution is -2.49. The molecular formula is C14H21ClN2O4S. The average Bonchev–Trinajstić information content (AvgIpc) is 2.36. The van der Waals surface area contributed by atoms with Gasteiger partial charge >= 0.3 is 0 Å². The molecule has 8 heteroatoms. The number of anilines is 1. The Morgan fingerprint density at radius 2 is 1.91 bits per heavy atom. The molecule has 0 aliphatic heterocycles. The molecule has 6 nitrogen and oxygen atoms in total. The quantitative estimate of drug-likeness (QED) is 0.853. The van der Waals surface area contributed by atoms with Gasteiger partial charge in [-0.15, -0.1) is 0 Å². The summed E-state index contributed by atoms with van der Waals surface area (Å²) in [6.07, 6.45) is 1.03. The minimum Gasteiger partial charge on any atom is -0.495 e. The van der Waals surface area contributed by atoms with Gasteiger partial charge in [0.1, 0.15) is 11.8 Å². The van der Waals surface area contributed by atoms with Crippen molar-refractivity contribution < 1.29 is 17.9 Å². The third-order valence-electron chi connectivity index (χ3n) is 2.90. The van der Waals surface area contributed by atoms with Crippen molar-refractivity contribution in [1.29, 1.82) is 0 Å². The van der Waals surface area contributed by atoms with Crippen molar-refractivity contribution in [2.75, 3.05) is 17.7 Å². The summed E-state index contributed by atoms with van der Waals surface area (Å²) >= 11 is 5.96. The minimum atomic E-state index is -3.71. The van der Waals surface area contributed by atoms with Crippen LogP contribution in [0.3, 0.4) is 0 Å². The molecule has 0 aliphatic rings. The molecular weight excluding hydrogens is 328 g/mol. The molecule has 0 saturated heterocycles. The Morgan fingerprint density at radius 1 is 1.32 bits per heavy atom. The number of hydrogen-bond donors (Lipinski definition) is 1. The highest BCUT2D eigenvalue weighted by molar-refractivity contribution is 7.92. The summed E-state index contributed by atoms with van der Waals surface area (Å²) in [6.45, 7) is 5.11. The van der Waals surface area contributed by atoms with Crippen LogP contribution in [0.4, 0.5) is 5.69 Å². The highest BCUT2D eigenvalue weighted by Gasteiger charge is 2.31. The van der Waals surface area contributed by atoms with Crippen LogP contribution in [-0.2, 0) is 14.8 Å². The van der Waals surface area contributed by atoms with Gasteiger partial charge in [0.15, 0.2) is 0 Å². The molecule has 1 N–H and O–H groups in total. The number of amides is 1. The van der Waals surface area contributed by atoms with Crippen molar-refractivity contribution in [3.8, 4) is 5.75 Å². The zero-order valence-electron chi connectivity index (χ0n) is 13.3. The third kappa shape index (κ3) is 4.51. The fraction of sp³-hybridized carbons (Fsp3) is 0.500. The first-order valence-electron chi connectivity index (χ1n) is 6.71. The number of carbonyl (C=O) groups is 1. The van der Waals surface area contributed by atoms with E-state index in [0.29, 0.717) is 10.8 Å². The van der Waals surface area contributed by atoms with Crippen LogP contribution in [0.15, 0.2) is 18.2 Å². The molecule has 0 spiro atoms. The standard InChI is InChI=1S/C14H21ClN2O4S/c1-9(2)16-14(18)10(3)17(22(5,19)20)12-8-11(15)6-7-13(12)21-4/h6-10H,1-5H3,(H,16,18)/t10-/m0/s1. The first kappa shape index (κ1) is 18.6. The summed E-state index contributed by atoms with van der Waals surface area (Å²) in [5.74, 6) is -0.0820. The van der Waals surface area contributed by atoms with Gasteiger partial charge in [-0.2, -0.15) is 0 Å². The maximum Gasteiger partial charge on any atom is 0.243 e. The number of benzene rings is 1. The van der Waals surface area contributed by atoms with E-state index in [2.05, 4.69) is 5.32 Å². The number of rotatable bonds is 6. The van der Waals surface area contributed by atoms with Gasteiger partial charge in [0.2, 0.25) is 15.9 Å². The summed E-state index contributed by atoms with van der Waals surface area (Å²) < 4.78 is 30.6. The molecule has 0 radical (unpaired) electrons. The number of halogens is 1. The van der Waals surface area contributed by atoms with Crippen LogP contribution in [0.25, 0.3) is 0 Å². The van der Waals surface area contributed by atoms with Crippen molar-refractivity contribution in [2.24, 2.45) is 0 Å². The largest absolute Gasteiger partial charge is 0.495 e. The molecule has 124 valence electrons. The number of nitrogens with zero attached hydrogens (tertiary/aromatic N) is 1. The van der Waals surface area contributed by atoms with E-state index in [4.69, 9.17) is 16.3 Å². The Labute approximate surface area is 136 Å². The Morgan fingerprint density at radius 3 is 2.36 bits per heavy atom. The molecule has 0 bridgehead atoms. The summed E-state index contributed by atoms with van der Waals surface area (Å²) in [6, 6.07) is 3.56. The summed E-state index contributed by atoms with van der Waals surface area (Å²) in [5, 5.41) is 3.05. The van der Waals surface area contributed by atoms with Gasteiger partial charge in [-0.3, -0.25) is 9.10 Å². The number of nitrogens with one attached hydrogen (secondary N) is 1. The Bertz CT molecular complexity index is 646. The number of methoxy groups -OCH3 is 1. The number of carbonyl (C=O) groups excluding carboxylic acids is 1. The molecule has 1 amide bonds. The van der Waals surface area contributed by atoms with E-state index in [0.717, 1.165) is 10.6 Å². The maximum atomic E-state index is 12.2. The number of ether oxygens (including phenoxy) is 1. The summed E-state index contributed by atoms with van der Waals surface area (Å²) in [7, 11) is -2.29. The molecule has 0 aromatic heterocycles. The van der Waals surface area contributed by atoms with Crippen molar-refractivity contribution in [3.63, 3.8) is 0 Å². The lowest BCUT2D eigenvalue weighted by molar-refractivity contribution is -0.122. The van der Waals surface area contributed by atoms with E-state index >= 15 is 0 Å². The van der Waals surface area contributed by atoms with Gasteiger partial charge in [-0.1, -0.05) is 11.6 Å². The number of sulfonamides is 1. The van der Waals surface area contributed by atoms with E-state index < -0.39 is 22.0 Å². The highest BCUT2D eigenvalue weighted by atomic mass is 35.5. The zero-order valence-corrected chi connectivity index (χ0v) is 14.8. The fourth-order valence-electron chi connectivity index (χ4n) is 2.02. The van der Waals surface area contributed by atoms with E-state index in [9.17, 15) is 13.2 Å². The van der Waals surface area contributed by atoms with Gasteiger partial charge in [0, 0.05) is 11.1 Å². The van der Waals surface area contributed by atoms with Crippen molar-refractivity contribution in [2.45, 2.75) is 32.9 Å². The predicted octanol–water partition coefficient (Wildman–Crippen LogP) is 2.03. The lowest BCUT2D eigenvalue weighted by Gasteiger charge is -2.30. The molecule has 1 aromatic rings. The smallest absolute Gasteiger partial charge is 0.243 e. The molecule has 0 aliphatic carbocycles. The van der Waals surface area contributed by atoms with Crippen molar-refractivity contribution in [1.82, 2.24) is 5.32 Å². The van der Waals surface area contributed by atoms with Crippen LogP contribution in [0.1, 0.15) is 20.8 Å². The minimum absolute atomic E-state index is 0.0994. The van der Waals surface area contributed by atoms with E-state index in [1.807, 2.05) is 0 Å². The fourth-order valence-corrected chi connectivity index (χ4v) is 3.36. The zero-order chi connectivity index (χ0) is 17.1. The SMILES string of the molecule is COc1ccc(Cl)cc1N([C@@H](C)C(=O)NC(C)C)S(C)(=O)=O. The molecule has 22 heavy (non-hydrogen) atoms. The number of hydrogen-bond acceptors (Lipinski definition) is 4. The molecule has 1 aromatic carbocycles. The molecule has 0 unspecified atom stereocenters. The summed E-state index contributed by atoms with van der Waals surface area (Å²) in [4.78, 5) is 12.2. The Hall–Kier alpha value is -1.47. The van der Waals surface area contributed by atoms with Gasteiger partial charge in [-0.25, -0.2) is 8.42 Å². The molecule has 0 saturated carbocycles. The maximum absolute atomic E-state index is 12.2. The monoisotopic (exact) mass is 348 g/mol. The van der Waals surface area contributed by atoms with Gasteiger partial charge in [-0.05, 0) is 39.0 Å². The van der Waals surface area contributed by atoms with Crippen molar-refractivity contribution in [3.05, 3.63) is 23.2 Å². The van der Waals surface area contributed by atoms with Crippen molar-refractivity contribution >= 4 is 33.2 Å². The van der Waals surface area contributed by atoms with Crippen LogP contribution in [0.5, 0.6) is 5.75 Å². The van der Waals surface area contributed by atoms with Crippen LogP contribution in [0, 0.1) is 0 Å². The van der Waals surface area contributed by atoms with Gasteiger partial charge in [0.05, 0.1) is 19.1 Å². The van der Waals surface area contributed by atoms with Crippen LogP contribution in [0.2, 0.25) is 5.02 Å². The van der Waals surface area contributed by atoms with E-state index in [1.54, 1.807) is 26.0 Å². The second kappa shape index (κ2) is 7.19. The second-order valence-corrected chi connectivity index (χ2v) is 7.51. The first-order chi connectivity index (χ1) is 10.1. The second-order valence-electron chi connectivity index (χ2n) is 5.21. The van der Waals surface area contributed by atoms with E-state index in [1.165, 1.54) is 20.1 Å². The Kier molecular flexibility index (Phi) is 6.08. The third-order valence-corrected chi connectivity index (χ3v) is 4.36. The van der Waals surface area contributed by atoms with Crippen LogP contribution >= 0.6 is 11.6 Å². The normalized spacial score (nSPS) is 12.9. The van der Waals surface area contributed by atoms with Gasteiger partial charge in [0.25, 0.3) is 0 Å². The average molecular weight is 349 g/mol. The highest BCUT2D eigenvalue weighted by Crippen LogP contribution is 2.34. The predicted molar refractivity (Wildman–Crippen MR) is 88.1 cm³/mol. The molecule has 1 atom stereocenters. The topological polar surface area (TPSA) is 75.7 Å². The molecule has 1 rings (SSSR count). The first-order valence-corrected chi connectivity index (χ1v) is 8.94.